The topological polar surface area (TPSA) is 39.2 Å². The van der Waals surface area contributed by atoms with Crippen molar-refractivity contribution in [1.29, 1.82) is 0 Å². The van der Waals surface area contributed by atoms with Crippen LogP contribution >= 0.6 is 0 Å². The van der Waals surface area contributed by atoms with E-state index in [2.05, 4.69) is 4.98 Å². The standard InChI is InChI=1S/C13H10FNO2/c1-17-12-7-9(4-5-11(12)14)13(16)10-3-2-6-15-8-10/h2-8H,1H3. The molecule has 0 fully saturated rings. The van der Waals surface area contributed by atoms with Gasteiger partial charge in [-0.25, -0.2) is 4.39 Å². The summed E-state index contributed by atoms with van der Waals surface area (Å²) in [6, 6.07) is 7.35. The normalized spacial score (nSPS) is 10.0. The number of nitrogens with zero attached hydrogens (tertiary/aromatic N) is 1. The average molecular weight is 231 g/mol. The number of rotatable bonds is 3. The van der Waals surface area contributed by atoms with Crippen molar-refractivity contribution < 1.29 is 13.9 Å². The van der Waals surface area contributed by atoms with E-state index in [1.807, 2.05) is 0 Å². The van der Waals surface area contributed by atoms with Gasteiger partial charge in [-0.05, 0) is 30.3 Å². The lowest BCUT2D eigenvalue weighted by Gasteiger charge is -2.04. The number of ether oxygens (including phenoxy) is 1. The molecule has 0 aliphatic carbocycles. The first-order valence-electron chi connectivity index (χ1n) is 5.00. The predicted octanol–water partition coefficient (Wildman–Crippen LogP) is 2.46. The van der Waals surface area contributed by atoms with Crippen molar-refractivity contribution >= 4 is 5.78 Å². The van der Waals surface area contributed by atoms with Gasteiger partial charge in [-0.2, -0.15) is 0 Å². The number of pyridine rings is 1. The van der Waals surface area contributed by atoms with Crippen molar-refractivity contribution in [3.05, 3.63) is 59.7 Å². The van der Waals surface area contributed by atoms with Crippen molar-refractivity contribution in [3.8, 4) is 5.75 Å². The molecule has 0 atom stereocenters. The molecule has 0 amide bonds. The molecule has 0 aliphatic heterocycles. The van der Waals surface area contributed by atoms with E-state index in [0.717, 1.165) is 0 Å². The van der Waals surface area contributed by atoms with Gasteiger partial charge in [0.2, 0.25) is 0 Å². The fraction of sp³-hybridized carbons (Fsp3) is 0.0769. The van der Waals surface area contributed by atoms with Crippen molar-refractivity contribution in [3.63, 3.8) is 0 Å². The molecule has 2 aromatic rings. The molecule has 17 heavy (non-hydrogen) atoms. The lowest BCUT2D eigenvalue weighted by atomic mass is 10.0. The van der Waals surface area contributed by atoms with E-state index >= 15 is 0 Å². The minimum Gasteiger partial charge on any atom is -0.494 e. The monoisotopic (exact) mass is 231 g/mol. The molecule has 0 unspecified atom stereocenters. The van der Waals surface area contributed by atoms with Crippen molar-refractivity contribution in [2.45, 2.75) is 0 Å². The van der Waals surface area contributed by atoms with E-state index in [4.69, 9.17) is 4.74 Å². The Hall–Kier alpha value is -2.23. The van der Waals surface area contributed by atoms with Gasteiger partial charge in [0.25, 0.3) is 0 Å². The Balaban J connectivity index is 2.38. The molecular formula is C13H10FNO2. The fourth-order valence-electron chi connectivity index (χ4n) is 1.46. The molecule has 3 nitrogen and oxygen atoms in total. The zero-order valence-electron chi connectivity index (χ0n) is 9.18. The van der Waals surface area contributed by atoms with Crippen molar-refractivity contribution in [2.75, 3.05) is 7.11 Å². The number of hydrogen-bond acceptors (Lipinski definition) is 3. The molecule has 1 aromatic heterocycles. The molecule has 1 aromatic carbocycles. The zero-order chi connectivity index (χ0) is 12.3. The molecule has 2 rings (SSSR count). The van der Waals surface area contributed by atoms with E-state index in [1.165, 1.54) is 31.5 Å². The summed E-state index contributed by atoms with van der Waals surface area (Å²) >= 11 is 0. The first-order chi connectivity index (χ1) is 8.22. The van der Waals surface area contributed by atoms with Gasteiger partial charge in [0.05, 0.1) is 7.11 Å². The maximum atomic E-state index is 13.2. The number of benzene rings is 1. The molecule has 0 radical (unpaired) electrons. The van der Waals surface area contributed by atoms with Crippen LogP contribution < -0.4 is 4.74 Å². The highest BCUT2D eigenvalue weighted by Gasteiger charge is 2.12. The van der Waals surface area contributed by atoms with Gasteiger partial charge in [0.1, 0.15) is 0 Å². The maximum Gasteiger partial charge on any atom is 0.194 e. The molecule has 0 spiro atoms. The van der Waals surface area contributed by atoms with Crippen LogP contribution in [0.15, 0.2) is 42.7 Å². The molecule has 86 valence electrons. The average Bonchev–Trinajstić information content (AvgIpc) is 2.39. The van der Waals surface area contributed by atoms with Gasteiger partial charge in [-0.3, -0.25) is 9.78 Å². The zero-order valence-corrected chi connectivity index (χ0v) is 9.18. The molecule has 4 heteroatoms. The first-order valence-corrected chi connectivity index (χ1v) is 5.00. The second kappa shape index (κ2) is 4.74. The Morgan fingerprint density at radius 1 is 1.29 bits per heavy atom. The number of carbonyl (C=O) groups excluding carboxylic acids is 1. The largest absolute Gasteiger partial charge is 0.494 e. The minimum atomic E-state index is -0.491. The summed E-state index contributed by atoms with van der Waals surface area (Å²) in [5, 5.41) is 0. The number of methoxy groups -OCH3 is 1. The Bertz CT molecular complexity index is 540. The Morgan fingerprint density at radius 3 is 2.76 bits per heavy atom. The van der Waals surface area contributed by atoms with Crippen LogP contribution in [0.2, 0.25) is 0 Å². The molecule has 0 bridgehead atoms. The van der Waals surface area contributed by atoms with Crippen LogP contribution in [-0.2, 0) is 0 Å². The van der Waals surface area contributed by atoms with Crippen LogP contribution in [0.3, 0.4) is 0 Å². The lowest BCUT2D eigenvalue weighted by Crippen LogP contribution is -2.02. The van der Waals surface area contributed by atoms with Crippen LogP contribution in [0.1, 0.15) is 15.9 Å². The molecule has 0 aliphatic rings. The van der Waals surface area contributed by atoms with E-state index in [-0.39, 0.29) is 11.5 Å². The van der Waals surface area contributed by atoms with Gasteiger partial charge < -0.3 is 4.74 Å². The predicted molar refractivity (Wildman–Crippen MR) is 60.6 cm³/mol. The second-order valence-electron chi connectivity index (χ2n) is 3.42. The summed E-state index contributed by atoms with van der Waals surface area (Å²) < 4.78 is 18.0. The summed E-state index contributed by atoms with van der Waals surface area (Å²) in [6.45, 7) is 0. The SMILES string of the molecule is COc1cc(C(=O)c2cccnc2)ccc1F. The Morgan fingerprint density at radius 2 is 2.12 bits per heavy atom. The van der Waals surface area contributed by atoms with Gasteiger partial charge in [0.15, 0.2) is 17.3 Å². The number of hydrogen-bond donors (Lipinski definition) is 0. The third-order valence-electron chi connectivity index (χ3n) is 2.34. The highest BCUT2D eigenvalue weighted by atomic mass is 19.1. The fourth-order valence-corrected chi connectivity index (χ4v) is 1.46. The van der Waals surface area contributed by atoms with Crippen molar-refractivity contribution in [1.82, 2.24) is 4.98 Å². The first kappa shape index (κ1) is 11.3. The van der Waals surface area contributed by atoms with Crippen LogP contribution in [-0.4, -0.2) is 17.9 Å². The summed E-state index contributed by atoms with van der Waals surface area (Å²) in [6.07, 6.45) is 3.06. The number of halogens is 1. The molecule has 0 saturated heterocycles. The van der Waals surface area contributed by atoms with Gasteiger partial charge in [-0.1, -0.05) is 0 Å². The van der Waals surface area contributed by atoms with E-state index in [1.54, 1.807) is 18.3 Å². The van der Waals surface area contributed by atoms with Crippen LogP contribution in [0.4, 0.5) is 4.39 Å². The van der Waals surface area contributed by atoms with Gasteiger partial charge in [0, 0.05) is 23.5 Å². The summed E-state index contributed by atoms with van der Waals surface area (Å²) in [4.78, 5) is 15.9. The Labute approximate surface area is 97.9 Å². The quantitative estimate of drug-likeness (QED) is 0.762. The summed E-state index contributed by atoms with van der Waals surface area (Å²) in [5.74, 6) is -0.647. The maximum absolute atomic E-state index is 13.2. The Kier molecular flexibility index (Phi) is 3.14. The highest BCUT2D eigenvalue weighted by molar-refractivity contribution is 6.08. The van der Waals surface area contributed by atoms with E-state index in [9.17, 15) is 9.18 Å². The molecule has 1 heterocycles. The smallest absolute Gasteiger partial charge is 0.194 e. The van der Waals surface area contributed by atoms with Crippen molar-refractivity contribution in [2.24, 2.45) is 0 Å². The van der Waals surface area contributed by atoms with E-state index in [0.29, 0.717) is 11.1 Å². The lowest BCUT2D eigenvalue weighted by molar-refractivity contribution is 0.103. The summed E-state index contributed by atoms with van der Waals surface area (Å²) in [5.41, 5.74) is 0.831. The van der Waals surface area contributed by atoms with Crippen LogP contribution in [0, 0.1) is 5.82 Å². The number of aromatic nitrogens is 1. The van der Waals surface area contributed by atoms with Crippen LogP contribution in [0.5, 0.6) is 5.75 Å². The minimum absolute atomic E-state index is 0.0553. The molecular weight excluding hydrogens is 221 g/mol. The van der Waals surface area contributed by atoms with Crippen LogP contribution in [0.25, 0.3) is 0 Å². The number of carbonyl (C=O) groups is 1. The molecule has 0 N–H and O–H groups in total. The van der Waals surface area contributed by atoms with Gasteiger partial charge >= 0.3 is 0 Å². The highest BCUT2D eigenvalue weighted by Crippen LogP contribution is 2.20. The van der Waals surface area contributed by atoms with Gasteiger partial charge in [-0.15, -0.1) is 0 Å². The van der Waals surface area contributed by atoms with E-state index < -0.39 is 5.82 Å². The molecule has 0 saturated carbocycles. The summed E-state index contributed by atoms with van der Waals surface area (Å²) in [7, 11) is 1.36. The second-order valence-corrected chi connectivity index (χ2v) is 3.42. The third-order valence-corrected chi connectivity index (χ3v) is 2.34. The number of ketones is 1. The third kappa shape index (κ3) is 2.30.